The average Bonchev–Trinajstić information content (AvgIpc) is 2.25. The minimum atomic E-state index is -0.688. The molecule has 102 valence electrons. The molecule has 0 aromatic heterocycles. The molecule has 1 rings (SSSR count). The Balaban J connectivity index is 2.49. The predicted molar refractivity (Wildman–Crippen MR) is 75.8 cm³/mol. The van der Waals surface area contributed by atoms with E-state index in [2.05, 4.69) is 37.9 Å². The first-order chi connectivity index (χ1) is 7.91. The van der Waals surface area contributed by atoms with Crippen molar-refractivity contribution in [2.75, 3.05) is 25.9 Å². The minimum Gasteiger partial charge on any atom is -0.311 e. The Morgan fingerprint density at radius 2 is 2.06 bits per heavy atom. The lowest BCUT2D eigenvalue weighted by Crippen LogP contribution is -2.57. The third-order valence-electron chi connectivity index (χ3n) is 3.81. The van der Waals surface area contributed by atoms with E-state index in [0.29, 0.717) is 23.3 Å². The molecule has 3 nitrogen and oxygen atoms in total. The van der Waals surface area contributed by atoms with E-state index >= 15 is 0 Å². The van der Waals surface area contributed by atoms with E-state index in [9.17, 15) is 4.21 Å². The molecule has 0 saturated carbocycles. The second-order valence-electron chi connectivity index (χ2n) is 5.71. The Hall–Kier alpha value is 0.0700. The summed E-state index contributed by atoms with van der Waals surface area (Å²) in [4.78, 5) is 2.58. The van der Waals surface area contributed by atoms with Crippen molar-refractivity contribution < 1.29 is 4.21 Å². The van der Waals surface area contributed by atoms with E-state index in [1.54, 1.807) is 0 Å². The van der Waals surface area contributed by atoms with Crippen LogP contribution in [0.2, 0.25) is 0 Å². The Morgan fingerprint density at radius 3 is 2.59 bits per heavy atom. The van der Waals surface area contributed by atoms with Gasteiger partial charge in [0.2, 0.25) is 0 Å². The van der Waals surface area contributed by atoms with E-state index in [-0.39, 0.29) is 0 Å². The molecule has 0 aliphatic carbocycles. The summed E-state index contributed by atoms with van der Waals surface area (Å²) in [7, 11) is -0.688. The first-order valence-electron chi connectivity index (χ1n) is 6.71. The van der Waals surface area contributed by atoms with E-state index < -0.39 is 10.8 Å². The van der Waals surface area contributed by atoms with Crippen molar-refractivity contribution in [2.45, 2.75) is 51.4 Å². The Labute approximate surface area is 109 Å². The first kappa shape index (κ1) is 15.1. The normalized spacial score (nSPS) is 30.5. The molecule has 1 saturated heterocycles. The number of hydrogen-bond acceptors (Lipinski definition) is 3. The van der Waals surface area contributed by atoms with Crippen LogP contribution in [0.25, 0.3) is 0 Å². The molecule has 4 heteroatoms. The molecule has 1 aliphatic heterocycles. The minimum absolute atomic E-state index is 0.313. The molecule has 0 aromatic carbocycles. The fourth-order valence-electron chi connectivity index (χ4n) is 2.43. The quantitative estimate of drug-likeness (QED) is 0.812. The van der Waals surface area contributed by atoms with Gasteiger partial charge in [0.05, 0.1) is 0 Å². The van der Waals surface area contributed by atoms with Crippen LogP contribution in [0.5, 0.6) is 0 Å². The Bertz CT molecular complexity index is 258. The third kappa shape index (κ3) is 4.68. The molecule has 0 spiro atoms. The second kappa shape index (κ2) is 6.86. The van der Waals surface area contributed by atoms with Gasteiger partial charge in [0, 0.05) is 47.5 Å². The molecule has 0 bridgehead atoms. The number of hydrogen-bond donors (Lipinski definition) is 1. The molecule has 17 heavy (non-hydrogen) atoms. The number of piperazine rings is 1. The van der Waals surface area contributed by atoms with Gasteiger partial charge in [-0.05, 0) is 25.8 Å². The SMILES string of the molecule is CC1CN(CCC(C)S(C)=O)C(C(C)C)CN1. The maximum Gasteiger partial charge on any atom is 0.0329 e. The fourth-order valence-corrected chi connectivity index (χ4v) is 2.87. The van der Waals surface area contributed by atoms with E-state index in [1.165, 1.54) is 0 Å². The van der Waals surface area contributed by atoms with Crippen molar-refractivity contribution in [1.29, 1.82) is 0 Å². The standard InChI is InChI=1S/C13H28N2OS/c1-10(2)13-8-14-11(3)9-15(13)7-6-12(4)17(5)16/h10-14H,6-9H2,1-5H3. The summed E-state index contributed by atoms with van der Waals surface area (Å²) in [6.45, 7) is 12.2. The van der Waals surface area contributed by atoms with Crippen LogP contribution in [-0.4, -0.2) is 52.3 Å². The topological polar surface area (TPSA) is 32.3 Å². The Kier molecular flexibility index (Phi) is 6.10. The highest BCUT2D eigenvalue weighted by Crippen LogP contribution is 2.16. The van der Waals surface area contributed by atoms with Gasteiger partial charge >= 0.3 is 0 Å². The van der Waals surface area contributed by atoms with E-state index in [4.69, 9.17) is 0 Å². The lowest BCUT2D eigenvalue weighted by atomic mass is 9.98. The van der Waals surface area contributed by atoms with Gasteiger partial charge in [0.1, 0.15) is 0 Å². The largest absolute Gasteiger partial charge is 0.311 e. The van der Waals surface area contributed by atoms with Crippen molar-refractivity contribution in [3.05, 3.63) is 0 Å². The van der Waals surface area contributed by atoms with Crippen molar-refractivity contribution in [3.63, 3.8) is 0 Å². The molecular formula is C13H28N2OS. The van der Waals surface area contributed by atoms with Crippen LogP contribution >= 0.6 is 0 Å². The monoisotopic (exact) mass is 260 g/mol. The molecule has 1 fully saturated rings. The van der Waals surface area contributed by atoms with Crippen LogP contribution in [-0.2, 0) is 10.8 Å². The molecule has 1 heterocycles. The van der Waals surface area contributed by atoms with Gasteiger partial charge < -0.3 is 5.32 Å². The molecule has 0 amide bonds. The summed E-state index contributed by atoms with van der Waals surface area (Å²) in [5, 5.41) is 3.87. The smallest absolute Gasteiger partial charge is 0.0329 e. The highest BCUT2D eigenvalue weighted by molar-refractivity contribution is 7.84. The fraction of sp³-hybridized carbons (Fsp3) is 1.00. The van der Waals surface area contributed by atoms with Crippen molar-refractivity contribution in [2.24, 2.45) is 5.92 Å². The molecule has 1 aliphatic rings. The zero-order chi connectivity index (χ0) is 13.0. The highest BCUT2D eigenvalue weighted by Gasteiger charge is 2.27. The highest BCUT2D eigenvalue weighted by atomic mass is 32.2. The third-order valence-corrected chi connectivity index (χ3v) is 5.18. The van der Waals surface area contributed by atoms with Crippen molar-refractivity contribution in [3.8, 4) is 0 Å². The Morgan fingerprint density at radius 1 is 1.41 bits per heavy atom. The van der Waals surface area contributed by atoms with Crippen LogP contribution in [0, 0.1) is 5.92 Å². The summed E-state index contributed by atoms with van der Waals surface area (Å²) in [5.41, 5.74) is 0. The van der Waals surface area contributed by atoms with Gasteiger partial charge in [-0.15, -0.1) is 0 Å². The van der Waals surface area contributed by atoms with Gasteiger partial charge in [-0.3, -0.25) is 9.11 Å². The van der Waals surface area contributed by atoms with Crippen molar-refractivity contribution in [1.82, 2.24) is 10.2 Å². The van der Waals surface area contributed by atoms with Crippen LogP contribution in [0.4, 0.5) is 0 Å². The zero-order valence-corrected chi connectivity index (χ0v) is 12.7. The summed E-state index contributed by atoms with van der Waals surface area (Å²) < 4.78 is 11.4. The van der Waals surface area contributed by atoms with Gasteiger partial charge in [-0.2, -0.15) is 0 Å². The summed E-state index contributed by atoms with van der Waals surface area (Å²) in [6.07, 6.45) is 2.85. The summed E-state index contributed by atoms with van der Waals surface area (Å²) in [5.74, 6) is 0.678. The average molecular weight is 260 g/mol. The van der Waals surface area contributed by atoms with Gasteiger partial charge in [-0.25, -0.2) is 0 Å². The van der Waals surface area contributed by atoms with Crippen LogP contribution < -0.4 is 5.32 Å². The van der Waals surface area contributed by atoms with Gasteiger partial charge in [-0.1, -0.05) is 20.8 Å². The maximum absolute atomic E-state index is 11.4. The van der Waals surface area contributed by atoms with Gasteiger partial charge in [0.25, 0.3) is 0 Å². The molecule has 1 N–H and O–H groups in total. The van der Waals surface area contributed by atoms with Crippen molar-refractivity contribution >= 4 is 10.8 Å². The van der Waals surface area contributed by atoms with Crippen LogP contribution in [0.1, 0.15) is 34.1 Å². The number of nitrogens with one attached hydrogen (secondary N) is 1. The van der Waals surface area contributed by atoms with Gasteiger partial charge in [0.15, 0.2) is 0 Å². The van der Waals surface area contributed by atoms with E-state index in [0.717, 1.165) is 26.1 Å². The number of rotatable bonds is 5. The number of nitrogens with zero attached hydrogens (tertiary/aromatic N) is 1. The second-order valence-corrected chi connectivity index (χ2v) is 7.52. The zero-order valence-electron chi connectivity index (χ0n) is 11.9. The van der Waals surface area contributed by atoms with Crippen LogP contribution in [0.3, 0.4) is 0 Å². The van der Waals surface area contributed by atoms with E-state index in [1.807, 2.05) is 6.26 Å². The summed E-state index contributed by atoms with van der Waals surface area (Å²) >= 11 is 0. The lowest BCUT2D eigenvalue weighted by Gasteiger charge is -2.41. The molecule has 4 atom stereocenters. The molecular weight excluding hydrogens is 232 g/mol. The summed E-state index contributed by atoms with van der Waals surface area (Å²) in [6, 6.07) is 1.20. The molecule has 0 radical (unpaired) electrons. The molecule has 0 aromatic rings. The lowest BCUT2D eigenvalue weighted by molar-refractivity contribution is 0.102. The first-order valence-corrected chi connectivity index (χ1v) is 8.33. The van der Waals surface area contributed by atoms with Crippen LogP contribution in [0.15, 0.2) is 0 Å². The molecule has 4 unspecified atom stereocenters. The predicted octanol–water partition coefficient (Wildman–Crippen LogP) is 1.46. The maximum atomic E-state index is 11.4.